The number of nitrogens with zero attached hydrogens (tertiary/aromatic N) is 3. The van der Waals surface area contributed by atoms with Gasteiger partial charge in [0.2, 0.25) is 21.8 Å². The van der Waals surface area contributed by atoms with E-state index in [1.807, 2.05) is 19.1 Å². The molecule has 3 aliphatic rings. The normalized spacial score (nSPS) is 30.0. The molecule has 158 valence electrons. The van der Waals surface area contributed by atoms with Gasteiger partial charge in [0, 0.05) is 37.7 Å². The second-order valence-corrected chi connectivity index (χ2v) is 10.5. The van der Waals surface area contributed by atoms with E-state index in [2.05, 4.69) is 10.3 Å². The van der Waals surface area contributed by atoms with E-state index in [1.165, 1.54) is 10.6 Å². The number of aromatic nitrogens is 1. The lowest BCUT2D eigenvalue weighted by Crippen LogP contribution is -2.68. The van der Waals surface area contributed by atoms with Gasteiger partial charge in [-0.05, 0) is 43.7 Å². The second-order valence-electron chi connectivity index (χ2n) is 8.53. The molecule has 0 radical (unpaired) electrons. The van der Waals surface area contributed by atoms with Gasteiger partial charge in [-0.15, -0.1) is 0 Å². The number of hydrogen-bond acceptors (Lipinski definition) is 5. The van der Waals surface area contributed by atoms with Gasteiger partial charge in [-0.3, -0.25) is 14.6 Å². The molecule has 0 unspecified atom stereocenters. The molecule has 0 aliphatic carbocycles. The van der Waals surface area contributed by atoms with Crippen LogP contribution in [0.3, 0.4) is 0 Å². The highest BCUT2D eigenvalue weighted by molar-refractivity contribution is 7.88. The Hall–Kier alpha value is -2.00. The second kappa shape index (κ2) is 7.68. The summed E-state index contributed by atoms with van der Waals surface area (Å²) in [7, 11) is -3.34. The van der Waals surface area contributed by atoms with Crippen molar-refractivity contribution in [1.82, 2.24) is 19.5 Å². The fourth-order valence-electron chi connectivity index (χ4n) is 5.20. The molecule has 2 amide bonds. The lowest BCUT2D eigenvalue weighted by Gasteiger charge is -2.55. The molecule has 3 fully saturated rings. The monoisotopic (exact) mass is 420 g/mol. The minimum absolute atomic E-state index is 0.0120. The van der Waals surface area contributed by atoms with Gasteiger partial charge in [0.1, 0.15) is 6.04 Å². The van der Waals surface area contributed by atoms with Gasteiger partial charge in [0.15, 0.2) is 0 Å². The maximum atomic E-state index is 13.2. The SMILES string of the molecule is Cc1cccnc1CNC(=O)[C@H]1[C@H]2C[C@H](CN(S(C)(=O)=O)C2)[C@@H]2CCCC(=O)N21. The molecule has 29 heavy (non-hydrogen) atoms. The van der Waals surface area contributed by atoms with Gasteiger partial charge in [0.25, 0.3) is 0 Å². The van der Waals surface area contributed by atoms with Crippen molar-refractivity contribution in [3.05, 3.63) is 29.6 Å². The third-order valence-electron chi connectivity index (χ3n) is 6.59. The Morgan fingerprint density at radius 3 is 2.79 bits per heavy atom. The first-order valence-electron chi connectivity index (χ1n) is 10.2. The third kappa shape index (κ3) is 3.90. The molecule has 0 aromatic carbocycles. The Kier molecular flexibility index (Phi) is 5.37. The summed E-state index contributed by atoms with van der Waals surface area (Å²) >= 11 is 0. The van der Waals surface area contributed by atoms with Crippen LogP contribution in [-0.4, -0.2) is 65.9 Å². The first kappa shape index (κ1) is 20.3. The van der Waals surface area contributed by atoms with Crippen molar-refractivity contribution in [2.24, 2.45) is 11.8 Å². The van der Waals surface area contributed by atoms with Crippen molar-refractivity contribution in [3.8, 4) is 0 Å². The van der Waals surface area contributed by atoms with Crippen molar-refractivity contribution in [2.45, 2.75) is 51.2 Å². The minimum Gasteiger partial charge on any atom is -0.349 e. The van der Waals surface area contributed by atoms with Gasteiger partial charge in [0.05, 0.1) is 18.5 Å². The number of rotatable bonds is 4. The molecule has 2 bridgehead atoms. The van der Waals surface area contributed by atoms with Crippen molar-refractivity contribution in [2.75, 3.05) is 19.3 Å². The number of piperidine rings is 3. The molecular formula is C20H28N4O4S. The molecule has 1 aromatic rings. The van der Waals surface area contributed by atoms with Crippen LogP contribution in [0.25, 0.3) is 0 Å². The summed E-state index contributed by atoms with van der Waals surface area (Å²) in [4.78, 5) is 32.1. The van der Waals surface area contributed by atoms with Gasteiger partial charge < -0.3 is 10.2 Å². The van der Waals surface area contributed by atoms with Crippen LogP contribution in [0.15, 0.2) is 18.3 Å². The zero-order valence-corrected chi connectivity index (χ0v) is 17.7. The lowest BCUT2D eigenvalue weighted by molar-refractivity contribution is -0.158. The smallest absolute Gasteiger partial charge is 0.243 e. The fraction of sp³-hybridized carbons (Fsp3) is 0.650. The summed E-state index contributed by atoms with van der Waals surface area (Å²) in [5, 5.41) is 2.96. The molecular weight excluding hydrogens is 392 g/mol. The summed E-state index contributed by atoms with van der Waals surface area (Å²) in [6.45, 7) is 2.95. The molecule has 0 spiro atoms. The molecule has 8 nitrogen and oxygen atoms in total. The average molecular weight is 421 g/mol. The first-order valence-corrected chi connectivity index (χ1v) is 12.0. The van der Waals surface area contributed by atoms with Crippen LogP contribution < -0.4 is 5.32 Å². The largest absolute Gasteiger partial charge is 0.349 e. The number of amides is 2. The van der Waals surface area contributed by atoms with Crippen LogP contribution >= 0.6 is 0 Å². The van der Waals surface area contributed by atoms with Gasteiger partial charge in [-0.2, -0.15) is 0 Å². The highest BCUT2D eigenvalue weighted by Gasteiger charge is 2.52. The van der Waals surface area contributed by atoms with E-state index < -0.39 is 16.1 Å². The number of hydrogen-bond donors (Lipinski definition) is 1. The van der Waals surface area contributed by atoms with Crippen LogP contribution in [-0.2, 0) is 26.2 Å². The molecule has 1 aromatic heterocycles. The zero-order chi connectivity index (χ0) is 20.8. The number of fused-ring (bicyclic) bond motifs is 4. The number of sulfonamides is 1. The third-order valence-corrected chi connectivity index (χ3v) is 7.83. The molecule has 4 rings (SSSR count). The number of aryl methyl sites for hydroxylation is 1. The predicted octanol–water partition coefficient (Wildman–Crippen LogP) is 0.667. The quantitative estimate of drug-likeness (QED) is 0.772. The van der Waals surface area contributed by atoms with Gasteiger partial charge in [-0.25, -0.2) is 12.7 Å². The highest BCUT2D eigenvalue weighted by atomic mass is 32.2. The van der Waals surface area contributed by atoms with Crippen LogP contribution in [0, 0.1) is 18.8 Å². The molecule has 9 heteroatoms. The summed E-state index contributed by atoms with van der Waals surface area (Å²) in [5.41, 5.74) is 1.78. The van der Waals surface area contributed by atoms with Crippen LogP contribution in [0.2, 0.25) is 0 Å². The van der Waals surface area contributed by atoms with Crippen molar-refractivity contribution >= 4 is 21.8 Å². The Labute approximate surface area is 171 Å². The standard InChI is InChI=1S/C20H28N4O4S/c1-13-5-4-8-21-16(13)10-22-20(26)19-15-9-14(11-23(12-15)29(2,27)28)17-6-3-7-18(25)24(17)19/h4-5,8,14-15,17,19H,3,6-7,9-12H2,1-2H3,(H,22,26)/t14-,15+,17+,19-/m1/s1. The van der Waals surface area contributed by atoms with E-state index in [9.17, 15) is 18.0 Å². The molecule has 4 atom stereocenters. The zero-order valence-electron chi connectivity index (χ0n) is 16.9. The van der Waals surface area contributed by atoms with Gasteiger partial charge >= 0.3 is 0 Å². The Bertz CT molecular complexity index is 919. The van der Waals surface area contributed by atoms with Crippen LogP contribution in [0.4, 0.5) is 0 Å². The summed E-state index contributed by atoms with van der Waals surface area (Å²) in [6, 6.07) is 3.09. The van der Waals surface area contributed by atoms with Crippen LogP contribution in [0.1, 0.15) is 36.9 Å². The van der Waals surface area contributed by atoms with Crippen LogP contribution in [0.5, 0.6) is 0 Å². The number of nitrogens with one attached hydrogen (secondary N) is 1. The molecule has 4 heterocycles. The predicted molar refractivity (Wildman–Crippen MR) is 107 cm³/mol. The van der Waals surface area contributed by atoms with E-state index in [1.54, 1.807) is 11.1 Å². The molecule has 0 saturated carbocycles. The first-order chi connectivity index (χ1) is 13.8. The molecule has 3 aliphatic heterocycles. The number of pyridine rings is 1. The van der Waals surface area contributed by atoms with E-state index >= 15 is 0 Å². The number of carbonyl (C=O) groups excluding carboxylic acids is 2. The topological polar surface area (TPSA) is 99.7 Å². The molecule has 1 N–H and O–H groups in total. The maximum Gasteiger partial charge on any atom is 0.243 e. The van der Waals surface area contributed by atoms with Crippen molar-refractivity contribution < 1.29 is 18.0 Å². The van der Waals surface area contributed by atoms with Crippen molar-refractivity contribution in [1.29, 1.82) is 0 Å². The average Bonchev–Trinajstić information content (AvgIpc) is 2.67. The Morgan fingerprint density at radius 2 is 2.07 bits per heavy atom. The van der Waals surface area contributed by atoms with E-state index in [0.717, 1.165) is 30.5 Å². The Morgan fingerprint density at radius 1 is 1.31 bits per heavy atom. The minimum atomic E-state index is -3.34. The van der Waals surface area contributed by atoms with E-state index in [0.29, 0.717) is 19.5 Å². The number of carbonyl (C=O) groups is 2. The van der Waals surface area contributed by atoms with E-state index in [-0.39, 0.29) is 36.2 Å². The fourth-order valence-corrected chi connectivity index (χ4v) is 6.12. The summed E-state index contributed by atoms with van der Waals surface area (Å²) in [5.74, 6) is -0.298. The maximum absolute atomic E-state index is 13.2. The highest BCUT2D eigenvalue weighted by Crippen LogP contribution is 2.42. The van der Waals surface area contributed by atoms with E-state index in [4.69, 9.17) is 0 Å². The molecule has 3 saturated heterocycles. The Balaban J connectivity index is 1.59. The lowest BCUT2D eigenvalue weighted by atomic mass is 9.72. The van der Waals surface area contributed by atoms with Gasteiger partial charge in [-0.1, -0.05) is 6.07 Å². The van der Waals surface area contributed by atoms with Crippen molar-refractivity contribution in [3.63, 3.8) is 0 Å². The summed E-state index contributed by atoms with van der Waals surface area (Å²) < 4.78 is 25.9. The summed E-state index contributed by atoms with van der Waals surface area (Å²) in [6.07, 6.45) is 5.76.